The van der Waals surface area contributed by atoms with E-state index < -0.39 is 0 Å². The van der Waals surface area contributed by atoms with Crippen molar-refractivity contribution in [2.24, 2.45) is 0 Å². The second-order valence-electron chi connectivity index (χ2n) is 5.02. The van der Waals surface area contributed by atoms with E-state index in [9.17, 15) is 4.79 Å². The molecule has 2 aromatic heterocycles. The van der Waals surface area contributed by atoms with Crippen molar-refractivity contribution in [2.45, 2.75) is 19.9 Å². The molecule has 0 radical (unpaired) electrons. The van der Waals surface area contributed by atoms with Gasteiger partial charge in [0.15, 0.2) is 0 Å². The predicted octanol–water partition coefficient (Wildman–Crippen LogP) is 3.50. The fourth-order valence-electron chi connectivity index (χ4n) is 2.16. The fourth-order valence-corrected chi connectivity index (χ4v) is 3.03. The second kappa shape index (κ2) is 7.27. The second-order valence-corrected chi connectivity index (χ2v) is 6.19. The number of hydrogen-bond donors (Lipinski definition) is 1. The first-order chi connectivity index (χ1) is 11.7. The number of nitrogens with one attached hydrogen (secondary N) is 1. The molecule has 0 spiro atoms. The van der Waals surface area contributed by atoms with Gasteiger partial charge < -0.3 is 14.6 Å². The summed E-state index contributed by atoms with van der Waals surface area (Å²) < 4.78 is 10.7. The molecule has 0 aliphatic rings. The summed E-state index contributed by atoms with van der Waals surface area (Å²) in [5, 5.41) is 6.89. The Hall–Kier alpha value is -2.67. The number of aromatic nitrogens is 2. The average Bonchev–Trinajstić information content (AvgIpc) is 3.28. The van der Waals surface area contributed by atoms with E-state index in [-0.39, 0.29) is 5.91 Å². The van der Waals surface area contributed by atoms with Gasteiger partial charge in [0, 0.05) is 11.3 Å². The number of nitrogens with zero attached hydrogens (tertiary/aromatic N) is 2. The largest absolute Gasteiger partial charge is 0.496 e. The molecule has 0 atom stereocenters. The van der Waals surface area contributed by atoms with Crippen LogP contribution in [0.15, 0.2) is 40.9 Å². The van der Waals surface area contributed by atoms with E-state index in [2.05, 4.69) is 15.5 Å². The lowest BCUT2D eigenvalue weighted by molar-refractivity contribution is -0.120. The van der Waals surface area contributed by atoms with Crippen LogP contribution in [0, 0.1) is 0 Å². The molecule has 3 rings (SSSR count). The van der Waals surface area contributed by atoms with Crippen LogP contribution >= 0.6 is 11.3 Å². The van der Waals surface area contributed by atoms with Crippen LogP contribution < -0.4 is 10.1 Å². The molecule has 7 heteroatoms. The maximum absolute atomic E-state index is 11.3. The first-order valence-electron chi connectivity index (χ1n) is 7.54. The highest BCUT2D eigenvalue weighted by atomic mass is 32.1. The number of amides is 1. The van der Waals surface area contributed by atoms with Crippen molar-refractivity contribution < 1.29 is 14.1 Å². The van der Waals surface area contributed by atoms with Crippen LogP contribution in [0.3, 0.4) is 0 Å². The molecule has 3 aromatic rings. The number of para-hydroxylation sites is 1. The summed E-state index contributed by atoms with van der Waals surface area (Å²) in [5.74, 6) is 1.65. The number of carbonyl (C=O) groups excluding carboxylic acids is 1. The summed E-state index contributed by atoms with van der Waals surface area (Å²) in [6, 6.07) is 11.4. The van der Waals surface area contributed by atoms with Crippen LogP contribution in [0.1, 0.15) is 18.2 Å². The zero-order valence-electron chi connectivity index (χ0n) is 13.4. The van der Waals surface area contributed by atoms with Crippen LogP contribution in [0.4, 0.5) is 0 Å². The van der Waals surface area contributed by atoms with Crippen molar-refractivity contribution in [3.63, 3.8) is 0 Å². The minimum atomic E-state index is 0.0305. The van der Waals surface area contributed by atoms with Gasteiger partial charge in [0.05, 0.1) is 24.1 Å². The molecule has 124 valence electrons. The van der Waals surface area contributed by atoms with Crippen molar-refractivity contribution in [2.75, 3.05) is 7.11 Å². The minimum absolute atomic E-state index is 0.0305. The number of methoxy groups -OCH3 is 1. The van der Waals surface area contributed by atoms with Gasteiger partial charge in [-0.1, -0.05) is 24.2 Å². The Kier molecular flexibility index (Phi) is 4.90. The summed E-state index contributed by atoms with van der Waals surface area (Å²) in [6.45, 7) is 2.34. The number of carbonyl (C=O) groups is 1. The van der Waals surface area contributed by atoms with E-state index in [1.165, 1.54) is 11.3 Å². The Balaban J connectivity index is 1.79. The number of rotatable bonds is 6. The van der Waals surface area contributed by atoms with Gasteiger partial charge in [-0.25, -0.2) is 0 Å². The predicted molar refractivity (Wildman–Crippen MR) is 91.7 cm³/mol. The first-order valence-corrected chi connectivity index (χ1v) is 8.35. The van der Waals surface area contributed by atoms with Crippen LogP contribution in [-0.4, -0.2) is 23.2 Å². The third-order valence-corrected chi connectivity index (χ3v) is 4.51. The molecular formula is C17H17N3O3S. The molecule has 1 amide bonds. The highest BCUT2D eigenvalue weighted by molar-refractivity contribution is 7.15. The fraction of sp³-hybridized carbons (Fsp3) is 0.235. The normalized spacial score (nSPS) is 10.6. The summed E-state index contributed by atoms with van der Waals surface area (Å²) in [7, 11) is 1.60. The smallest absolute Gasteiger partial charge is 0.262 e. The van der Waals surface area contributed by atoms with Crippen LogP contribution in [-0.2, 0) is 11.3 Å². The molecule has 0 aliphatic heterocycles. The maximum Gasteiger partial charge on any atom is 0.262 e. The van der Waals surface area contributed by atoms with Gasteiger partial charge in [0.25, 0.3) is 5.89 Å². The van der Waals surface area contributed by atoms with E-state index in [1.807, 2.05) is 43.3 Å². The Labute approximate surface area is 143 Å². The summed E-state index contributed by atoms with van der Waals surface area (Å²) in [5.41, 5.74) is 0.755. The third kappa shape index (κ3) is 3.46. The molecule has 0 unspecified atom stereocenters. The van der Waals surface area contributed by atoms with Crippen LogP contribution in [0.5, 0.6) is 5.75 Å². The number of ether oxygens (including phenoxy) is 1. The summed E-state index contributed by atoms with van der Waals surface area (Å²) in [6.07, 6.45) is 0.478. The van der Waals surface area contributed by atoms with Crippen molar-refractivity contribution in [1.29, 1.82) is 0 Å². The monoisotopic (exact) mass is 343 g/mol. The molecule has 0 aliphatic carbocycles. The minimum Gasteiger partial charge on any atom is -0.496 e. The van der Waals surface area contributed by atoms with Crippen molar-refractivity contribution in [3.05, 3.63) is 41.3 Å². The molecule has 6 nitrogen and oxygen atoms in total. The first kappa shape index (κ1) is 16.2. The molecule has 24 heavy (non-hydrogen) atoms. The standard InChI is InChI=1S/C17H17N3O3S/c1-3-15(21)18-10-11-8-9-14(24-11)16-19-17(23-20-16)12-6-4-5-7-13(12)22-2/h4-9H,3,10H2,1-2H3,(H,18,21). The van der Waals surface area contributed by atoms with Gasteiger partial charge in [-0.3, -0.25) is 4.79 Å². The molecule has 0 bridgehead atoms. The van der Waals surface area contributed by atoms with Crippen molar-refractivity contribution in [1.82, 2.24) is 15.5 Å². The lowest BCUT2D eigenvalue weighted by atomic mass is 10.2. The van der Waals surface area contributed by atoms with Gasteiger partial charge in [0.1, 0.15) is 5.75 Å². The summed E-state index contributed by atoms with van der Waals surface area (Å²) in [4.78, 5) is 17.7. The lowest BCUT2D eigenvalue weighted by Gasteiger charge is -2.02. The molecule has 0 saturated heterocycles. The van der Waals surface area contributed by atoms with Gasteiger partial charge in [0.2, 0.25) is 11.7 Å². The maximum atomic E-state index is 11.3. The highest BCUT2D eigenvalue weighted by Gasteiger charge is 2.15. The molecule has 1 N–H and O–H groups in total. The Morgan fingerprint density at radius 2 is 2.12 bits per heavy atom. The SMILES string of the molecule is CCC(=O)NCc1ccc(-c2noc(-c3ccccc3OC)n2)s1. The Bertz CT molecular complexity index is 841. The lowest BCUT2D eigenvalue weighted by Crippen LogP contribution is -2.20. The van der Waals surface area contributed by atoms with Gasteiger partial charge in [-0.15, -0.1) is 11.3 Å². The Morgan fingerprint density at radius 1 is 1.29 bits per heavy atom. The Morgan fingerprint density at radius 3 is 2.92 bits per heavy atom. The molecule has 0 fully saturated rings. The molecule has 2 heterocycles. The van der Waals surface area contributed by atoms with Crippen molar-refractivity contribution >= 4 is 17.2 Å². The van der Waals surface area contributed by atoms with Gasteiger partial charge >= 0.3 is 0 Å². The van der Waals surface area contributed by atoms with Gasteiger partial charge in [-0.2, -0.15) is 4.98 Å². The topological polar surface area (TPSA) is 77.2 Å². The quantitative estimate of drug-likeness (QED) is 0.741. The van der Waals surface area contributed by atoms with E-state index in [0.29, 0.717) is 30.4 Å². The van der Waals surface area contributed by atoms with E-state index in [1.54, 1.807) is 7.11 Å². The van der Waals surface area contributed by atoms with Crippen LogP contribution in [0.25, 0.3) is 22.2 Å². The third-order valence-electron chi connectivity index (χ3n) is 3.43. The van der Waals surface area contributed by atoms with E-state index >= 15 is 0 Å². The van der Waals surface area contributed by atoms with E-state index in [4.69, 9.17) is 9.26 Å². The zero-order valence-corrected chi connectivity index (χ0v) is 14.2. The number of thiophene rings is 1. The number of benzene rings is 1. The summed E-state index contributed by atoms with van der Waals surface area (Å²) >= 11 is 1.53. The molecular weight excluding hydrogens is 326 g/mol. The van der Waals surface area contributed by atoms with E-state index in [0.717, 1.165) is 15.3 Å². The number of hydrogen-bond acceptors (Lipinski definition) is 6. The molecule has 1 aromatic carbocycles. The molecule has 0 saturated carbocycles. The van der Waals surface area contributed by atoms with Gasteiger partial charge in [-0.05, 0) is 24.3 Å². The van der Waals surface area contributed by atoms with Crippen LogP contribution in [0.2, 0.25) is 0 Å². The zero-order chi connectivity index (χ0) is 16.9. The highest BCUT2D eigenvalue weighted by Crippen LogP contribution is 2.31. The average molecular weight is 343 g/mol. The van der Waals surface area contributed by atoms with Crippen molar-refractivity contribution in [3.8, 4) is 27.9 Å².